The summed E-state index contributed by atoms with van der Waals surface area (Å²) in [5.74, 6) is -1.08. The Labute approximate surface area is 139 Å². The summed E-state index contributed by atoms with van der Waals surface area (Å²) in [6.45, 7) is 3.55. The Balaban J connectivity index is 1.65. The Morgan fingerprint density at radius 1 is 1.00 bits per heavy atom. The molecule has 0 aromatic heterocycles. The van der Waals surface area contributed by atoms with Crippen molar-refractivity contribution in [2.24, 2.45) is 0 Å². The third-order valence-corrected chi connectivity index (χ3v) is 3.94. The van der Waals surface area contributed by atoms with Gasteiger partial charge in [-0.25, -0.2) is 0 Å². The number of carbonyl (C=O) groups is 3. The molecule has 0 unspecified atom stereocenters. The number of rotatable bonds is 4. The molecule has 24 heavy (non-hydrogen) atoms. The number of carbonyl (C=O) groups excluding carboxylic acids is 3. The number of nitrogens with zero attached hydrogens (tertiary/aromatic N) is 1. The first-order valence-corrected chi connectivity index (χ1v) is 7.45. The van der Waals surface area contributed by atoms with Gasteiger partial charge in [-0.2, -0.15) is 5.01 Å². The SMILES string of the molecule is Cc1cccc(OCC(=O)NN2C(=O)c3ccccc3C2=O)c1C. The Hall–Kier alpha value is -3.15. The monoisotopic (exact) mass is 324 g/mol. The van der Waals surface area contributed by atoms with Crippen molar-refractivity contribution in [1.82, 2.24) is 10.4 Å². The van der Waals surface area contributed by atoms with Gasteiger partial charge < -0.3 is 4.74 Å². The second-order valence-corrected chi connectivity index (χ2v) is 5.51. The number of fused-ring (bicyclic) bond motifs is 1. The summed E-state index contributed by atoms with van der Waals surface area (Å²) in [4.78, 5) is 36.4. The molecule has 1 N–H and O–H groups in total. The zero-order chi connectivity index (χ0) is 17.3. The number of imide groups is 1. The average molecular weight is 324 g/mol. The van der Waals surface area contributed by atoms with Crippen LogP contribution in [0.15, 0.2) is 42.5 Å². The highest BCUT2D eigenvalue weighted by molar-refractivity contribution is 6.21. The zero-order valence-electron chi connectivity index (χ0n) is 13.3. The standard InChI is InChI=1S/C18H16N2O4/c1-11-6-5-9-15(12(11)2)24-10-16(21)19-20-17(22)13-7-3-4-8-14(13)18(20)23/h3-9H,10H2,1-2H3,(H,19,21). The number of hydrazine groups is 1. The molecule has 0 aliphatic carbocycles. The zero-order valence-corrected chi connectivity index (χ0v) is 13.3. The maximum Gasteiger partial charge on any atom is 0.280 e. The third kappa shape index (κ3) is 2.74. The van der Waals surface area contributed by atoms with Crippen LogP contribution >= 0.6 is 0 Å². The quantitative estimate of drug-likeness (QED) is 0.873. The Kier molecular flexibility index (Phi) is 4.04. The number of ether oxygens (including phenoxy) is 1. The minimum Gasteiger partial charge on any atom is -0.483 e. The van der Waals surface area contributed by atoms with E-state index in [4.69, 9.17) is 4.74 Å². The number of aryl methyl sites for hydroxylation is 1. The molecule has 1 aliphatic rings. The van der Waals surface area contributed by atoms with Crippen LogP contribution in [-0.4, -0.2) is 29.3 Å². The molecule has 1 aliphatic heterocycles. The molecule has 0 radical (unpaired) electrons. The van der Waals surface area contributed by atoms with Crippen LogP contribution in [-0.2, 0) is 4.79 Å². The second kappa shape index (κ2) is 6.16. The van der Waals surface area contributed by atoms with Crippen LogP contribution in [0.2, 0.25) is 0 Å². The fraction of sp³-hybridized carbons (Fsp3) is 0.167. The largest absolute Gasteiger partial charge is 0.483 e. The van der Waals surface area contributed by atoms with E-state index in [1.807, 2.05) is 26.0 Å². The van der Waals surface area contributed by atoms with Crippen LogP contribution < -0.4 is 10.2 Å². The van der Waals surface area contributed by atoms with E-state index in [0.29, 0.717) is 5.75 Å². The number of hydrogen-bond acceptors (Lipinski definition) is 4. The van der Waals surface area contributed by atoms with Gasteiger partial charge in [0.2, 0.25) is 0 Å². The van der Waals surface area contributed by atoms with Crippen LogP contribution in [0.4, 0.5) is 0 Å². The van der Waals surface area contributed by atoms with Gasteiger partial charge in [-0.05, 0) is 43.2 Å². The van der Waals surface area contributed by atoms with Crippen LogP contribution in [0.25, 0.3) is 0 Å². The first-order chi connectivity index (χ1) is 11.5. The van der Waals surface area contributed by atoms with Crippen LogP contribution in [0.5, 0.6) is 5.75 Å². The van der Waals surface area contributed by atoms with E-state index in [2.05, 4.69) is 5.43 Å². The summed E-state index contributed by atoms with van der Waals surface area (Å²) in [6, 6.07) is 12.0. The van der Waals surface area contributed by atoms with Crippen molar-refractivity contribution >= 4 is 17.7 Å². The summed E-state index contributed by atoms with van der Waals surface area (Å²) in [5, 5.41) is 0.722. The molecule has 122 valence electrons. The van der Waals surface area contributed by atoms with E-state index >= 15 is 0 Å². The Bertz CT molecular complexity index is 810. The molecule has 0 saturated heterocycles. The number of benzene rings is 2. The lowest BCUT2D eigenvalue weighted by Gasteiger charge is -2.16. The summed E-state index contributed by atoms with van der Waals surface area (Å²) < 4.78 is 5.48. The van der Waals surface area contributed by atoms with Gasteiger partial charge in [0.05, 0.1) is 11.1 Å². The highest BCUT2D eigenvalue weighted by Gasteiger charge is 2.36. The number of amides is 3. The van der Waals surface area contributed by atoms with Gasteiger partial charge in [-0.1, -0.05) is 24.3 Å². The number of nitrogens with one attached hydrogen (secondary N) is 1. The van der Waals surface area contributed by atoms with E-state index in [9.17, 15) is 14.4 Å². The van der Waals surface area contributed by atoms with E-state index < -0.39 is 17.7 Å². The Morgan fingerprint density at radius 2 is 1.62 bits per heavy atom. The highest BCUT2D eigenvalue weighted by Crippen LogP contribution is 2.22. The summed E-state index contributed by atoms with van der Waals surface area (Å²) in [6.07, 6.45) is 0. The maximum atomic E-state index is 12.2. The fourth-order valence-electron chi connectivity index (χ4n) is 2.47. The molecule has 6 heteroatoms. The predicted octanol–water partition coefficient (Wildman–Crippen LogP) is 2.01. The first kappa shape index (κ1) is 15.7. The maximum absolute atomic E-state index is 12.2. The van der Waals surface area contributed by atoms with E-state index in [1.54, 1.807) is 30.3 Å². The minimum absolute atomic E-state index is 0.276. The third-order valence-electron chi connectivity index (χ3n) is 3.94. The van der Waals surface area contributed by atoms with Crippen molar-refractivity contribution < 1.29 is 19.1 Å². The average Bonchev–Trinajstić information content (AvgIpc) is 2.82. The molecule has 0 fully saturated rings. The van der Waals surface area contributed by atoms with Crippen molar-refractivity contribution in [2.75, 3.05) is 6.61 Å². The van der Waals surface area contributed by atoms with Crippen molar-refractivity contribution in [1.29, 1.82) is 0 Å². The lowest BCUT2D eigenvalue weighted by Crippen LogP contribution is -2.47. The summed E-state index contributed by atoms with van der Waals surface area (Å²) in [5.41, 5.74) is 4.84. The minimum atomic E-state index is -0.578. The van der Waals surface area contributed by atoms with E-state index in [1.165, 1.54) is 0 Å². The number of hydrogen-bond donors (Lipinski definition) is 1. The van der Waals surface area contributed by atoms with Crippen molar-refractivity contribution in [3.63, 3.8) is 0 Å². The normalized spacial score (nSPS) is 13.0. The van der Waals surface area contributed by atoms with Crippen molar-refractivity contribution in [3.8, 4) is 5.75 Å². The van der Waals surface area contributed by atoms with Gasteiger partial charge in [0.1, 0.15) is 5.75 Å². The van der Waals surface area contributed by atoms with Gasteiger partial charge >= 0.3 is 0 Å². The van der Waals surface area contributed by atoms with Gasteiger partial charge in [-0.15, -0.1) is 0 Å². The van der Waals surface area contributed by atoms with Crippen LogP contribution in [0, 0.1) is 13.8 Å². The molecule has 3 amide bonds. The molecule has 1 heterocycles. The molecular weight excluding hydrogens is 308 g/mol. The molecule has 2 aromatic carbocycles. The molecule has 0 saturated carbocycles. The molecular formula is C18H16N2O4. The van der Waals surface area contributed by atoms with Gasteiger partial charge in [0, 0.05) is 0 Å². The van der Waals surface area contributed by atoms with Gasteiger partial charge in [-0.3, -0.25) is 19.8 Å². The molecule has 2 aromatic rings. The predicted molar refractivity (Wildman–Crippen MR) is 86.5 cm³/mol. The smallest absolute Gasteiger partial charge is 0.280 e. The molecule has 3 rings (SSSR count). The van der Waals surface area contributed by atoms with Crippen molar-refractivity contribution in [3.05, 3.63) is 64.7 Å². The molecule has 6 nitrogen and oxygen atoms in total. The van der Waals surface area contributed by atoms with E-state index in [-0.39, 0.29) is 17.7 Å². The molecule has 0 spiro atoms. The highest BCUT2D eigenvalue weighted by atomic mass is 16.5. The first-order valence-electron chi connectivity index (χ1n) is 7.45. The summed E-state index contributed by atoms with van der Waals surface area (Å²) >= 11 is 0. The van der Waals surface area contributed by atoms with Gasteiger partial charge in [0.25, 0.3) is 17.7 Å². The molecule has 0 bridgehead atoms. The lowest BCUT2D eigenvalue weighted by atomic mass is 10.1. The Morgan fingerprint density at radius 3 is 2.25 bits per heavy atom. The second-order valence-electron chi connectivity index (χ2n) is 5.51. The topological polar surface area (TPSA) is 75.7 Å². The lowest BCUT2D eigenvalue weighted by molar-refractivity contribution is -0.126. The van der Waals surface area contributed by atoms with Crippen LogP contribution in [0.3, 0.4) is 0 Å². The molecule has 0 atom stereocenters. The van der Waals surface area contributed by atoms with E-state index in [0.717, 1.165) is 16.1 Å². The van der Waals surface area contributed by atoms with Crippen molar-refractivity contribution in [2.45, 2.75) is 13.8 Å². The van der Waals surface area contributed by atoms with Gasteiger partial charge in [0.15, 0.2) is 6.61 Å². The summed E-state index contributed by atoms with van der Waals surface area (Å²) in [7, 11) is 0. The van der Waals surface area contributed by atoms with Crippen LogP contribution in [0.1, 0.15) is 31.8 Å². The fourth-order valence-corrected chi connectivity index (χ4v) is 2.47.